The maximum Gasteiger partial charge on any atom is 0.380 e. The second-order valence-corrected chi connectivity index (χ2v) is 19.9. The van der Waals surface area contributed by atoms with Crippen molar-refractivity contribution in [2.75, 3.05) is 32.1 Å². The predicted octanol–water partition coefficient (Wildman–Crippen LogP) is 10.4. The maximum absolute atomic E-state index is 15.5. The minimum atomic E-state index is -4.78. The molecule has 330 valence electrons. The van der Waals surface area contributed by atoms with E-state index in [4.69, 9.17) is 44.3 Å². The Morgan fingerprint density at radius 2 is 1.57 bits per heavy atom. The molecule has 10 nitrogen and oxygen atoms in total. The first kappa shape index (κ1) is 48.0. The van der Waals surface area contributed by atoms with Crippen LogP contribution in [0.1, 0.15) is 102 Å². The average Bonchev–Trinajstić information content (AvgIpc) is 3.87. The van der Waals surface area contributed by atoms with Crippen LogP contribution in [0.4, 0.5) is 18.9 Å². The average molecular weight is 937 g/mol. The van der Waals surface area contributed by atoms with E-state index >= 15 is 18.0 Å². The highest BCUT2D eigenvalue weighted by molar-refractivity contribution is 7.95. The number of fused-ring (bicyclic) bond motifs is 1. The molecule has 0 spiro atoms. The zero-order valence-corrected chi connectivity index (χ0v) is 37.9. The van der Waals surface area contributed by atoms with E-state index in [1.54, 1.807) is 12.1 Å². The lowest BCUT2D eigenvalue weighted by molar-refractivity contribution is -0.187. The van der Waals surface area contributed by atoms with Crippen LogP contribution in [0, 0.1) is 0 Å². The number of likely N-dealkylation sites (tertiary alicyclic amines) is 1. The molecule has 1 fully saturated rings. The Morgan fingerprint density at radius 3 is 2.15 bits per heavy atom. The molecule has 1 aromatic heterocycles. The number of esters is 1. The number of para-hydroxylation sites is 1. The summed E-state index contributed by atoms with van der Waals surface area (Å²) in [5, 5.41) is 0.0255. The van der Waals surface area contributed by atoms with Gasteiger partial charge in [-0.15, -0.1) is 11.3 Å². The number of methoxy groups -OCH3 is 1. The van der Waals surface area contributed by atoms with Gasteiger partial charge in [-0.1, -0.05) is 131 Å². The summed E-state index contributed by atoms with van der Waals surface area (Å²) in [6, 6.07) is 10.0. The number of carbonyl (C=O) groups is 3. The number of thiophene rings is 1. The van der Waals surface area contributed by atoms with Gasteiger partial charge in [-0.3, -0.25) is 14.5 Å². The number of hydrogen-bond donors (Lipinski definition) is 0. The molecule has 0 bridgehead atoms. The van der Waals surface area contributed by atoms with E-state index in [1.807, 2.05) is 0 Å². The van der Waals surface area contributed by atoms with E-state index < -0.39 is 77.0 Å². The molecule has 4 atom stereocenters. The fraction of sp³-hybridized carbons (Fsp3) is 0.548. The first-order valence-electron chi connectivity index (χ1n) is 20.1. The van der Waals surface area contributed by atoms with E-state index in [9.17, 15) is 18.0 Å². The molecule has 2 unspecified atom stereocenters. The summed E-state index contributed by atoms with van der Waals surface area (Å²) >= 11 is 19.5. The Balaban J connectivity index is 1.46. The summed E-state index contributed by atoms with van der Waals surface area (Å²) in [5.41, 5.74) is -2.32. The van der Waals surface area contributed by atoms with Crippen molar-refractivity contribution in [3.63, 3.8) is 0 Å². The number of alkyl halides is 3. The number of amides is 2. The second kappa shape index (κ2) is 20.4. The van der Waals surface area contributed by atoms with Gasteiger partial charge in [0.15, 0.2) is 11.7 Å². The van der Waals surface area contributed by atoms with Gasteiger partial charge in [-0.2, -0.15) is 21.5 Å². The number of nitrogens with zero attached hydrogens (tertiary/aromatic N) is 3. The topological polar surface area (TPSA) is 114 Å². The van der Waals surface area contributed by atoms with Gasteiger partial charge in [0.2, 0.25) is 5.91 Å². The summed E-state index contributed by atoms with van der Waals surface area (Å²) in [6.45, 7) is 1.63. The third-order valence-corrected chi connectivity index (χ3v) is 15.3. The van der Waals surface area contributed by atoms with Gasteiger partial charge in [0.1, 0.15) is 20.4 Å². The van der Waals surface area contributed by atoms with Gasteiger partial charge in [-0.05, 0) is 36.8 Å². The normalized spacial score (nSPS) is 20.0. The highest BCUT2D eigenvalue weighted by Crippen LogP contribution is 2.55. The molecule has 18 heteroatoms. The maximum atomic E-state index is 15.5. The van der Waals surface area contributed by atoms with Crippen LogP contribution in [0.15, 0.2) is 52.7 Å². The van der Waals surface area contributed by atoms with Gasteiger partial charge in [0.05, 0.1) is 23.9 Å². The number of anilines is 1. The highest BCUT2D eigenvalue weighted by atomic mass is 35.5. The molecule has 2 aliphatic heterocycles. The van der Waals surface area contributed by atoms with Crippen LogP contribution in [-0.4, -0.2) is 88.0 Å². The molecule has 0 aliphatic carbocycles. The third-order valence-electron chi connectivity index (χ3n) is 11.1. The number of hydrogen-bond acceptors (Lipinski definition) is 9. The lowest BCUT2D eigenvalue weighted by Crippen LogP contribution is -2.59. The highest BCUT2D eigenvalue weighted by Gasteiger charge is 2.65. The molecule has 2 amide bonds. The molecule has 0 saturated carbocycles. The number of unbranched alkanes of at least 4 members (excludes halogenated alkanes) is 10. The Bertz CT molecular complexity index is 2110. The van der Waals surface area contributed by atoms with Crippen LogP contribution >= 0.6 is 46.1 Å². The molecule has 3 heterocycles. The summed E-state index contributed by atoms with van der Waals surface area (Å²) in [7, 11) is -0.569. The predicted molar refractivity (Wildman–Crippen MR) is 229 cm³/mol. The Kier molecular flexibility index (Phi) is 16.3. The summed E-state index contributed by atoms with van der Waals surface area (Å²) < 4.78 is 86.3. The summed E-state index contributed by atoms with van der Waals surface area (Å²) in [6.07, 6.45) is 5.25. The number of rotatable bonds is 21. The molecule has 0 radical (unpaired) electrons. The van der Waals surface area contributed by atoms with Gasteiger partial charge in [0, 0.05) is 43.2 Å². The summed E-state index contributed by atoms with van der Waals surface area (Å²) in [4.78, 5) is 45.3. The van der Waals surface area contributed by atoms with Gasteiger partial charge >= 0.3 is 11.9 Å². The van der Waals surface area contributed by atoms with Crippen molar-refractivity contribution in [2.45, 2.75) is 124 Å². The van der Waals surface area contributed by atoms with Crippen molar-refractivity contribution in [2.24, 2.45) is 0 Å². The van der Waals surface area contributed by atoms with E-state index in [1.165, 1.54) is 87.0 Å². The van der Waals surface area contributed by atoms with Crippen LogP contribution in [0.2, 0.25) is 14.4 Å². The number of halogens is 6. The van der Waals surface area contributed by atoms with Crippen LogP contribution < -0.4 is 9.04 Å². The third kappa shape index (κ3) is 9.76. The standard InChI is InChI=1S/C42H51Cl3F3N3O7S2/c1-5-6-7-8-9-10-11-12-13-14-15-20-35(46)42(47,48)40(54)58-28-24-33(38(52)49(2)3)50(26-28)41(29-18-16-17-19-34(29)57-4)30-23-27(43)21-22-32(30)51(39(41)53)60(55,56)36-25-31(44)37(45)59-36/h16-19,21-23,25,28,33,35H,5-15,20,24,26H2,1-4H3/t28-,33+,35?,41?/m1/s1. The van der Waals surface area contributed by atoms with Gasteiger partial charge < -0.3 is 14.4 Å². The van der Waals surface area contributed by atoms with Crippen molar-refractivity contribution in [3.8, 4) is 5.75 Å². The Morgan fingerprint density at radius 1 is 0.950 bits per heavy atom. The molecule has 2 aromatic carbocycles. The van der Waals surface area contributed by atoms with E-state index in [2.05, 4.69) is 6.92 Å². The van der Waals surface area contributed by atoms with Crippen LogP contribution in [-0.2, 0) is 34.7 Å². The molecule has 0 N–H and O–H groups in total. The number of ether oxygens (including phenoxy) is 2. The quantitative estimate of drug-likeness (QED) is 0.0767. The first-order chi connectivity index (χ1) is 28.4. The fourth-order valence-corrected chi connectivity index (χ4v) is 11.7. The number of sulfonamides is 1. The lowest BCUT2D eigenvalue weighted by Gasteiger charge is -2.41. The molecule has 60 heavy (non-hydrogen) atoms. The van der Waals surface area contributed by atoms with Gasteiger partial charge in [0.25, 0.3) is 15.9 Å². The van der Waals surface area contributed by atoms with Crippen molar-refractivity contribution in [3.05, 3.63) is 74.0 Å². The molecule has 2 aliphatic rings. The smallest absolute Gasteiger partial charge is 0.380 e. The second-order valence-electron chi connectivity index (χ2n) is 15.4. The fourth-order valence-electron chi connectivity index (χ4n) is 8.08. The van der Waals surface area contributed by atoms with Crippen molar-refractivity contribution in [1.29, 1.82) is 0 Å². The van der Waals surface area contributed by atoms with E-state index in [-0.39, 0.29) is 47.6 Å². The SMILES string of the molecule is CCCCCCCCCCCCCC(F)C(F)(F)C(=O)O[C@@H]1C[C@@H](C(=O)N(C)C)N(C2(c3ccccc3OC)C(=O)N(S(=O)(=O)c3cc(Cl)c(Cl)s3)c3ccc(Cl)cc32)C1. The number of carbonyl (C=O) groups excluding carboxylic acids is 3. The van der Waals surface area contributed by atoms with Crippen molar-refractivity contribution < 1.29 is 45.4 Å². The van der Waals surface area contributed by atoms with Crippen LogP contribution in [0.25, 0.3) is 0 Å². The van der Waals surface area contributed by atoms with Crippen molar-refractivity contribution in [1.82, 2.24) is 9.80 Å². The zero-order chi connectivity index (χ0) is 44.0. The monoisotopic (exact) mass is 935 g/mol. The number of benzene rings is 2. The summed E-state index contributed by atoms with van der Waals surface area (Å²) in [5.74, 6) is -8.24. The molecule has 3 aromatic rings. The van der Waals surface area contributed by atoms with Crippen molar-refractivity contribution >= 4 is 79.6 Å². The largest absolute Gasteiger partial charge is 0.496 e. The van der Waals surface area contributed by atoms with E-state index in [0.29, 0.717) is 22.1 Å². The van der Waals surface area contributed by atoms with Crippen LogP contribution in [0.3, 0.4) is 0 Å². The van der Waals surface area contributed by atoms with Gasteiger partial charge in [-0.25, -0.2) is 9.18 Å². The zero-order valence-electron chi connectivity index (χ0n) is 34.0. The minimum absolute atomic E-state index is 0.00600. The molecular weight excluding hydrogens is 886 g/mol. The molecule has 5 rings (SSSR count). The number of likely N-dealkylation sites (N-methyl/N-ethyl adjacent to an activating group) is 1. The molecular formula is C42H51Cl3F3N3O7S2. The Hall–Kier alpha value is -3.08. The first-order valence-corrected chi connectivity index (χ1v) is 23.5. The van der Waals surface area contributed by atoms with Crippen LogP contribution in [0.5, 0.6) is 5.75 Å². The lowest BCUT2D eigenvalue weighted by atomic mass is 9.80. The van der Waals surface area contributed by atoms with E-state index in [0.717, 1.165) is 38.2 Å². The minimum Gasteiger partial charge on any atom is -0.496 e. The molecule has 1 saturated heterocycles. The Labute approximate surface area is 369 Å².